The van der Waals surface area contributed by atoms with Gasteiger partial charge in [0.1, 0.15) is 5.69 Å². The van der Waals surface area contributed by atoms with E-state index in [0.29, 0.717) is 5.69 Å². The molecule has 0 atom stereocenters. The van der Waals surface area contributed by atoms with Crippen LogP contribution >= 0.6 is 0 Å². The van der Waals surface area contributed by atoms with E-state index in [-0.39, 0.29) is 5.78 Å². The molecule has 0 radical (unpaired) electrons. The van der Waals surface area contributed by atoms with Crippen LogP contribution in [0.1, 0.15) is 30.3 Å². The Kier molecular flexibility index (Phi) is 4.70. The molecule has 0 aliphatic rings. The predicted molar refractivity (Wildman–Crippen MR) is 66.9 cm³/mol. The molecule has 0 unspecified atom stereocenters. The van der Waals surface area contributed by atoms with E-state index < -0.39 is 0 Å². The molecule has 0 aliphatic heterocycles. The highest BCUT2D eigenvalue weighted by Gasteiger charge is 2.03. The third-order valence-electron chi connectivity index (χ3n) is 2.45. The van der Waals surface area contributed by atoms with Crippen molar-refractivity contribution in [3.63, 3.8) is 0 Å². The lowest BCUT2D eigenvalue weighted by Gasteiger charge is -2.18. The van der Waals surface area contributed by atoms with E-state index in [2.05, 4.69) is 16.5 Å². The van der Waals surface area contributed by atoms with Crippen LogP contribution in [0.2, 0.25) is 0 Å². The van der Waals surface area contributed by atoms with Gasteiger partial charge in [0.15, 0.2) is 5.78 Å². The molecule has 1 aromatic heterocycles. The molecular weight excluding hydrogens is 200 g/mol. The highest BCUT2D eigenvalue weighted by molar-refractivity contribution is 5.92. The molecule has 0 saturated carbocycles. The number of Topliss-reactive ketones (excluding diaryl/α,β-unsaturated/α-hetero) is 1. The highest BCUT2D eigenvalue weighted by atomic mass is 16.1. The SMILES string of the molecule is C=CCCCN(C)c1ccc(C(C)=O)nc1. The third-order valence-corrected chi connectivity index (χ3v) is 2.45. The van der Waals surface area contributed by atoms with Crippen LogP contribution < -0.4 is 4.90 Å². The number of anilines is 1. The zero-order chi connectivity index (χ0) is 12.0. The van der Waals surface area contributed by atoms with Gasteiger partial charge in [-0.1, -0.05) is 6.08 Å². The first-order valence-electron chi connectivity index (χ1n) is 5.44. The van der Waals surface area contributed by atoms with Crippen LogP contribution in [-0.2, 0) is 0 Å². The molecule has 3 nitrogen and oxygen atoms in total. The molecule has 16 heavy (non-hydrogen) atoms. The molecule has 1 aromatic rings. The Bertz CT molecular complexity index is 357. The monoisotopic (exact) mass is 218 g/mol. The normalized spacial score (nSPS) is 9.88. The molecule has 0 fully saturated rings. The van der Waals surface area contributed by atoms with E-state index in [0.717, 1.165) is 25.1 Å². The summed E-state index contributed by atoms with van der Waals surface area (Å²) in [4.78, 5) is 17.3. The second-order valence-corrected chi connectivity index (χ2v) is 3.81. The molecule has 0 bridgehead atoms. The number of hydrogen-bond acceptors (Lipinski definition) is 3. The Morgan fingerprint density at radius 2 is 2.31 bits per heavy atom. The van der Waals surface area contributed by atoms with Gasteiger partial charge in [-0.3, -0.25) is 9.78 Å². The van der Waals surface area contributed by atoms with E-state index in [1.807, 2.05) is 19.2 Å². The molecule has 0 N–H and O–H groups in total. The topological polar surface area (TPSA) is 33.2 Å². The zero-order valence-corrected chi connectivity index (χ0v) is 9.94. The molecule has 0 spiro atoms. The van der Waals surface area contributed by atoms with Crippen LogP contribution in [-0.4, -0.2) is 24.4 Å². The molecule has 0 aliphatic carbocycles. The van der Waals surface area contributed by atoms with Crippen molar-refractivity contribution in [1.29, 1.82) is 0 Å². The lowest BCUT2D eigenvalue weighted by Crippen LogP contribution is -2.18. The summed E-state index contributed by atoms with van der Waals surface area (Å²) in [5.74, 6) is 0.000797. The molecule has 0 amide bonds. The largest absolute Gasteiger partial charge is 0.373 e. The second kappa shape index (κ2) is 6.05. The van der Waals surface area contributed by atoms with Gasteiger partial charge < -0.3 is 4.90 Å². The highest BCUT2D eigenvalue weighted by Crippen LogP contribution is 2.12. The molecule has 0 aromatic carbocycles. The summed E-state index contributed by atoms with van der Waals surface area (Å²) in [6.45, 7) is 6.18. The summed E-state index contributed by atoms with van der Waals surface area (Å²) in [5.41, 5.74) is 1.55. The van der Waals surface area contributed by atoms with Crippen LogP contribution in [0.25, 0.3) is 0 Å². The first kappa shape index (κ1) is 12.4. The molecule has 1 heterocycles. The second-order valence-electron chi connectivity index (χ2n) is 3.81. The lowest BCUT2D eigenvalue weighted by molar-refractivity contribution is 0.101. The van der Waals surface area contributed by atoms with Gasteiger partial charge >= 0.3 is 0 Å². The maximum atomic E-state index is 11.1. The maximum Gasteiger partial charge on any atom is 0.178 e. The van der Waals surface area contributed by atoms with Crippen LogP contribution in [0.4, 0.5) is 5.69 Å². The van der Waals surface area contributed by atoms with Crippen LogP contribution in [0.5, 0.6) is 0 Å². The van der Waals surface area contributed by atoms with Gasteiger partial charge in [0, 0.05) is 20.5 Å². The average Bonchev–Trinajstić information content (AvgIpc) is 2.29. The standard InChI is InChI=1S/C13H18N2O/c1-4-5-6-9-15(3)12-7-8-13(11(2)16)14-10-12/h4,7-8,10H,1,5-6,9H2,2-3H3. The van der Waals surface area contributed by atoms with Crippen molar-refractivity contribution in [2.45, 2.75) is 19.8 Å². The molecule has 1 rings (SSSR count). The Morgan fingerprint density at radius 3 is 2.81 bits per heavy atom. The minimum atomic E-state index is 0.000797. The molecular formula is C13H18N2O. The number of carbonyl (C=O) groups is 1. The van der Waals surface area contributed by atoms with Crippen molar-refractivity contribution in [2.24, 2.45) is 0 Å². The summed E-state index contributed by atoms with van der Waals surface area (Å²) >= 11 is 0. The minimum Gasteiger partial charge on any atom is -0.373 e. The van der Waals surface area contributed by atoms with E-state index in [1.165, 1.54) is 6.92 Å². The van der Waals surface area contributed by atoms with E-state index in [9.17, 15) is 4.79 Å². The van der Waals surface area contributed by atoms with Crippen molar-refractivity contribution >= 4 is 11.5 Å². The summed E-state index contributed by atoms with van der Waals surface area (Å²) in [6, 6.07) is 3.69. The van der Waals surface area contributed by atoms with E-state index in [1.54, 1.807) is 12.3 Å². The fourth-order valence-electron chi connectivity index (χ4n) is 1.42. The van der Waals surface area contributed by atoms with E-state index >= 15 is 0 Å². The number of nitrogens with zero attached hydrogens (tertiary/aromatic N) is 2. The Hall–Kier alpha value is -1.64. The Morgan fingerprint density at radius 1 is 1.56 bits per heavy atom. The summed E-state index contributed by atoms with van der Waals surface area (Å²) in [7, 11) is 2.02. The van der Waals surface area contributed by atoms with Crippen molar-refractivity contribution in [1.82, 2.24) is 4.98 Å². The number of allylic oxidation sites excluding steroid dienone is 1. The lowest BCUT2D eigenvalue weighted by atomic mass is 10.2. The fraction of sp³-hybridized carbons (Fsp3) is 0.385. The summed E-state index contributed by atoms with van der Waals surface area (Å²) < 4.78 is 0. The first-order chi connectivity index (χ1) is 7.65. The van der Waals surface area contributed by atoms with Crippen LogP contribution in [0.15, 0.2) is 31.0 Å². The number of hydrogen-bond donors (Lipinski definition) is 0. The molecule has 86 valence electrons. The smallest absolute Gasteiger partial charge is 0.178 e. The predicted octanol–water partition coefficient (Wildman–Crippen LogP) is 2.69. The van der Waals surface area contributed by atoms with Crippen molar-refractivity contribution in [3.8, 4) is 0 Å². The summed E-state index contributed by atoms with van der Waals surface area (Å²) in [6.07, 6.45) is 5.76. The number of unbranched alkanes of at least 4 members (excludes halogenated alkanes) is 1. The van der Waals surface area contributed by atoms with Gasteiger partial charge in [0.05, 0.1) is 11.9 Å². The number of pyridine rings is 1. The van der Waals surface area contributed by atoms with Gasteiger partial charge in [-0.05, 0) is 25.0 Å². The molecule has 3 heteroatoms. The van der Waals surface area contributed by atoms with Crippen molar-refractivity contribution in [2.75, 3.05) is 18.5 Å². The van der Waals surface area contributed by atoms with Crippen molar-refractivity contribution < 1.29 is 4.79 Å². The van der Waals surface area contributed by atoms with Gasteiger partial charge in [-0.25, -0.2) is 0 Å². The van der Waals surface area contributed by atoms with Gasteiger partial charge in [-0.2, -0.15) is 0 Å². The van der Waals surface area contributed by atoms with Gasteiger partial charge in [0.2, 0.25) is 0 Å². The van der Waals surface area contributed by atoms with Crippen molar-refractivity contribution in [3.05, 3.63) is 36.7 Å². The summed E-state index contributed by atoms with van der Waals surface area (Å²) in [5, 5.41) is 0. The Balaban J connectivity index is 2.59. The fourth-order valence-corrected chi connectivity index (χ4v) is 1.42. The first-order valence-corrected chi connectivity index (χ1v) is 5.44. The van der Waals surface area contributed by atoms with Gasteiger partial charge in [-0.15, -0.1) is 6.58 Å². The third kappa shape index (κ3) is 3.50. The van der Waals surface area contributed by atoms with Crippen LogP contribution in [0.3, 0.4) is 0 Å². The number of aromatic nitrogens is 1. The maximum absolute atomic E-state index is 11.1. The van der Waals surface area contributed by atoms with Crippen LogP contribution in [0, 0.1) is 0 Å². The molecule has 0 saturated heterocycles. The number of ketones is 1. The quantitative estimate of drug-likeness (QED) is 0.418. The number of carbonyl (C=O) groups excluding carboxylic acids is 1. The van der Waals surface area contributed by atoms with E-state index in [4.69, 9.17) is 0 Å². The number of rotatable bonds is 6. The Labute approximate surface area is 96.8 Å². The minimum absolute atomic E-state index is 0.000797. The zero-order valence-electron chi connectivity index (χ0n) is 9.94. The average molecular weight is 218 g/mol. The van der Waals surface area contributed by atoms with Gasteiger partial charge in [0.25, 0.3) is 0 Å².